The van der Waals surface area contributed by atoms with E-state index in [1.807, 2.05) is 0 Å². The minimum atomic E-state index is 0.119. The molecule has 2 N–H and O–H groups in total. The van der Waals surface area contributed by atoms with Gasteiger partial charge in [-0.05, 0) is 45.2 Å². The minimum Gasteiger partial charge on any atom is -0.323 e. The number of hydrogen-bond acceptors (Lipinski definition) is 2. The zero-order valence-corrected chi connectivity index (χ0v) is 11.9. The third-order valence-corrected chi connectivity index (χ3v) is 4.38. The van der Waals surface area contributed by atoms with Crippen molar-refractivity contribution in [2.45, 2.75) is 57.7 Å². The predicted molar refractivity (Wildman–Crippen MR) is 77.5 cm³/mol. The van der Waals surface area contributed by atoms with Gasteiger partial charge in [-0.1, -0.05) is 37.3 Å². The van der Waals surface area contributed by atoms with Crippen molar-refractivity contribution in [3.8, 4) is 0 Å². The average Bonchev–Trinajstić information content (AvgIpc) is 2.71. The summed E-state index contributed by atoms with van der Waals surface area (Å²) >= 11 is 0. The SMILES string of the molecule is CCC(C(N)c1ccccc1)N1CCCC1(C)C. The van der Waals surface area contributed by atoms with Crippen LogP contribution in [0.5, 0.6) is 0 Å². The lowest BCUT2D eigenvalue weighted by Gasteiger charge is -2.41. The van der Waals surface area contributed by atoms with E-state index in [1.165, 1.54) is 24.9 Å². The molecule has 0 aromatic heterocycles. The Bertz CT molecular complexity index is 372. The van der Waals surface area contributed by atoms with Gasteiger partial charge in [0.15, 0.2) is 0 Å². The number of benzene rings is 1. The lowest BCUT2D eigenvalue weighted by Crippen LogP contribution is -2.49. The molecule has 2 unspecified atom stereocenters. The summed E-state index contributed by atoms with van der Waals surface area (Å²) in [4.78, 5) is 2.62. The standard InChI is InChI=1S/C16H26N2/c1-4-14(18-12-8-11-16(18,2)3)15(17)13-9-6-5-7-10-13/h5-7,9-10,14-15H,4,8,11-12,17H2,1-3H3. The molecule has 2 nitrogen and oxygen atoms in total. The summed E-state index contributed by atoms with van der Waals surface area (Å²) < 4.78 is 0. The third kappa shape index (κ3) is 2.60. The molecule has 1 aromatic carbocycles. The fourth-order valence-electron chi connectivity index (χ4n) is 3.31. The van der Waals surface area contributed by atoms with Gasteiger partial charge in [0.05, 0.1) is 0 Å². The quantitative estimate of drug-likeness (QED) is 0.883. The van der Waals surface area contributed by atoms with Crippen LogP contribution in [0.15, 0.2) is 30.3 Å². The molecule has 2 rings (SSSR count). The summed E-state index contributed by atoms with van der Waals surface area (Å²) in [7, 11) is 0. The van der Waals surface area contributed by atoms with Crippen LogP contribution >= 0.6 is 0 Å². The van der Waals surface area contributed by atoms with Crippen molar-refractivity contribution in [3.05, 3.63) is 35.9 Å². The maximum absolute atomic E-state index is 6.51. The van der Waals surface area contributed by atoms with Crippen LogP contribution < -0.4 is 5.73 Å². The van der Waals surface area contributed by atoms with Crippen LogP contribution in [0.3, 0.4) is 0 Å². The highest BCUT2D eigenvalue weighted by Gasteiger charge is 2.38. The lowest BCUT2D eigenvalue weighted by molar-refractivity contribution is 0.0948. The van der Waals surface area contributed by atoms with Crippen molar-refractivity contribution >= 4 is 0 Å². The van der Waals surface area contributed by atoms with E-state index in [-0.39, 0.29) is 6.04 Å². The van der Waals surface area contributed by atoms with Crippen molar-refractivity contribution in [2.75, 3.05) is 6.54 Å². The number of nitrogens with two attached hydrogens (primary N) is 1. The van der Waals surface area contributed by atoms with Crippen molar-refractivity contribution in [1.82, 2.24) is 4.90 Å². The summed E-state index contributed by atoms with van der Waals surface area (Å²) in [6, 6.07) is 11.1. The second kappa shape index (κ2) is 5.41. The Morgan fingerprint density at radius 2 is 1.94 bits per heavy atom. The molecule has 2 heteroatoms. The fraction of sp³-hybridized carbons (Fsp3) is 0.625. The monoisotopic (exact) mass is 246 g/mol. The highest BCUT2D eigenvalue weighted by molar-refractivity contribution is 5.20. The van der Waals surface area contributed by atoms with E-state index in [9.17, 15) is 0 Å². The van der Waals surface area contributed by atoms with Crippen LogP contribution in [-0.4, -0.2) is 23.0 Å². The molecule has 1 fully saturated rings. The highest BCUT2D eigenvalue weighted by Crippen LogP contribution is 2.34. The molecule has 100 valence electrons. The molecule has 1 heterocycles. The fourth-order valence-corrected chi connectivity index (χ4v) is 3.31. The summed E-state index contributed by atoms with van der Waals surface area (Å²) in [5, 5.41) is 0. The number of likely N-dealkylation sites (tertiary alicyclic amines) is 1. The molecule has 0 saturated carbocycles. The smallest absolute Gasteiger partial charge is 0.0453 e. The van der Waals surface area contributed by atoms with E-state index in [0.717, 1.165) is 6.42 Å². The predicted octanol–water partition coefficient (Wildman–Crippen LogP) is 3.34. The van der Waals surface area contributed by atoms with Crippen molar-refractivity contribution < 1.29 is 0 Å². The summed E-state index contributed by atoms with van der Waals surface area (Å²) in [6.07, 6.45) is 3.69. The van der Waals surface area contributed by atoms with Gasteiger partial charge in [0, 0.05) is 17.6 Å². The average molecular weight is 246 g/mol. The van der Waals surface area contributed by atoms with E-state index in [0.29, 0.717) is 11.6 Å². The maximum Gasteiger partial charge on any atom is 0.0453 e. The largest absolute Gasteiger partial charge is 0.323 e. The topological polar surface area (TPSA) is 29.3 Å². The highest BCUT2D eigenvalue weighted by atomic mass is 15.2. The first-order chi connectivity index (χ1) is 8.56. The number of rotatable bonds is 4. The molecule has 1 aliphatic rings. The Balaban J connectivity index is 2.19. The van der Waals surface area contributed by atoms with Gasteiger partial charge in [0.25, 0.3) is 0 Å². The Kier molecular flexibility index (Phi) is 4.08. The van der Waals surface area contributed by atoms with Crippen LogP contribution in [0.1, 0.15) is 51.6 Å². The molecule has 0 bridgehead atoms. The van der Waals surface area contributed by atoms with Crippen LogP contribution in [0, 0.1) is 0 Å². The zero-order valence-electron chi connectivity index (χ0n) is 11.9. The van der Waals surface area contributed by atoms with Crippen molar-refractivity contribution in [2.24, 2.45) is 5.73 Å². The first-order valence-corrected chi connectivity index (χ1v) is 7.13. The second-order valence-corrected chi connectivity index (χ2v) is 6.02. The molecule has 1 saturated heterocycles. The molecule has 0 spiro atoms. The van der Waals surface area contributed by atoms with Crippen molar-refractivity contribution in [3.63, 3.8) is 0 Å². The van der Waals surface area contributed by atoms with Gasteiger partial charge in [-0.3, -0.25) is 4.90 Å². The number of hydrogen-bond donors (Lipinski definition) is 1. The zero-order chi connectivity index (χ0) is 13.2. The number of nitrogens with zero attached hydrogens (tertiary/aromatic N) is 1. The Morgan fingerprint density at radius 3 is 2.44 bits per heavy atom. The van der Waals surface area contributed by atoms with Gasteiger partial charge >= 0.3 is 0 Å². The Morgan fingerprint density at radius 1 is 1.28 bits per heavy atom. The molecule has 0 aliphatic carbocycles. The van der Waals surface area contributed by atoms with Gasteiger partial charge in [0.2, 0.25) is 0 Å². The molecule has 0 amide bonds. The Hall–Kier alpha value is -0.860. The van der Waals surface area contributed by atoms with Gasteiger partial charge in [-0.15, -0.1) is 0 Å². The van der Waals surface area contributed by atoms with Gasteiger partial charge in [-0.2, -0.15) is 0 Å². The van der Waals surface area contributed by atoms with Crippen LogP contribution in [-0.2, 0) is 0 Å². The minimum absolute atomic E-state index is 0.119. The second-order valence-electron chi connectivity index (χ2n) is 6.02. The first-order valence-electron chi connectivity index (χ1n) is 7.13. The molecule has 1 aliphatic heterocycles. The van der Waals surface area contributed by atoms with E-state index in [2.05, 4.69) is 56.0 Å². The van der Waals surface area contributed by atoms with Gasteiger partial charge in [-0.25, -0.2) is 0 Å². The Labute approximate surface area is 111 Å². The van der Waals surface area contributed by atoms with Crippen LogP contribution in [0.2, 0.25) is 0 Å². The van der Waals surface area contributed by atoms with Crippen LogP contribution in [0.4, 0.5) is 0 Å². The van der Waals surface area contributed by atoms with E-state index in [4.69, 9.17) is 5.73 Å². The summed E-state index contributed by atoms with van der Waals surface area (Å²) in [5.74, 6) is 0. The molecular formula is C16H26N2. The molecular weight excluding hydrogens is 220 g/mol. The van der Waals surface area contributed by atoms with E-state index < -0.39 is 0 Å². The summed E-state index contributed by atoms with van der Waals surface area (Å²) in [5.41, 5.74) is 8.06. The van der Waals surface area contributed by atoms with E-state index >= 15 is 0 Å². The normalized spacial score (nSPS) is 22.9. The molecule has 1 aromatic rings. The van der Waals surface area contributed by atoms with E-state index in [1.54, 1.807) is 0 Å². The van der Waals surface area contributed by atoms with Crippen LogP contribution in [0.25, 0.3) is 0 Å². The lowest BCUT2D eigenvalue weighted by atomic mass is 9.93. The van der Waals surface area contributed by atoms with Gasteiger partial charge in [0.1, 0.15) is 0 Å². The van der Waals surface area contributed by atoms with Gasteiger partial charge < -0.3 is 5.73 Å². The molecule has 18 heavy (non-hydrogen) atoms. The van der Waals surface area contributed by atoms with Crippen molar-refractivity contribution in [1.29, 1.82) is 0 Å². The summed E-state index contributed by atoms with van der Waals surface area (Å²) in [6.45, 7) is 8.13. The first kappa shape index (κ1) is 13.6. The third-order valence-electron chi connectivity index (χ3n) is 4.38. The maximum atomic E-state index is 6.51. The molecule has 0 radical (unpaired) electrons. The molecule has 2 atom stereocenters.